The minimum absolute atomic E-state index is 0.404. The molecule has 5 heteroatoms. The predicted molar refractivity (Wildman–Crippen MR) is 55.4 cm³/mol. The first-order chi connectivity index (χ1) is 7.20. The largest absolute Gasteiger partial charge is 0.326 e. The molecule has 0 radical (unpaired) electrons. The van der Waals surface area contributed by atoms with E-state index in [1.54, 1.807) is 6.20 Å². The van der Waals surface area contributed by atoms with Crippen molar-refractivity contribution in [1.29, 1.82) is 0 Å². The molecule has 0 saturated heterocycles. The fourth-order valence-electron chi connectivity index (χ4n) is 1.16. The summed E-state index contributed by atoms with van der Waals surface area (Å²) in [6.07, 6.45) is 1.64. The van der Waals surface area contributed by atoms with E-state index in [2.05, 4.69) is 4.98 Å². The van der Waals surface area contributed by atoms with Crippen molar-refractivity contribution < 1.29 is 8.78 Å². The van der Waals surface area contributed by atoms with Crippen molar-refractivity contribution in [3.63, 3.8) is 0 Å². The Bertz CT molecular complexity index is 482. The molecule has 0 aliphatic heterocycles. The van der Waals surface area contributed by atoms with Gasteiger partial charge in [0.2, 0.25) is 0 Å². The van der Waals surface area contributed by atoms with Crippen molar-refractivity contribution in [3.05, 3.63) is 40.9 Å². The first-order valence-electron chi connectivity index (χ1n) is 4.31. The summed E-state index contributed by atoms with van der Waals surface area (Å²) in [5, 5.41) is 0.648. The van der Waals surface area contributed by atoms with Crippen molar-refractivity contribution in [2.45, 2.75) is 6.54 Å². The Kier molecular flexibility index (Phi) is 2.75. The number of thiazole rings is 1. The van der Waals surface area contributed by atoms with E-state index in [1.165, 1.54) is 17.4 Å². The smallest absolute Gasteiger partial charge is 0.159 e. The molecule has 2 rings (SSSR count). The monoisotopic (exact) mass is 226 g/mol. The molecule has 0 bridgehead atoms. The first kappa shape index (κ1) is 10.2. The molecule has 0 fully saturated rings. The molecule has 0 atom stereocenters. The van der Waals surface area contributed by atoms with Crippen LogP contribution in [0.5, 0.6) is 0 Å². The van der Waals surface area contributed by atoms with Gasteiger partial charge in [-0.25, -0.2) is 13.8 Å². The average molecular weight is 226 g/mol. The number of hydrogen-bond acceptors (Lipinski definition) is 3. The average Bonchev–Trinajstić information content (AvgIpc) is 2.70. The standard InChI is InChI=1S/C10H8F2N2S/c11-8-2-1-6(3-9(8)12)10-14-5-7(4-13)15-10/h1-3,5H,4,13H2. The summed E-state index contributed by atoms with van der Waals surface area (Å²) in [5.74, 6) is -1.72. The van der Waals surface area contributed by atoms with Gasteiger partial charge >= 0.3 is 0 Å². The highest BCUT2D eigenvalue weighted by Crippen LogP contribution is 2.25. The summed E-state index contributed by atoms with van der Waals surface area (Å²) >= 11 is 1.38. The summed E-state index contributed by atoms with van der Waals surface area (Å²) in [4.78, 5) is 4.99. The molecular weight excluding hydrogens is 218 g/mol. The lowest BCUT2D eigenvalue weighted by Gasteiger charge is -1.96. The van der Waals surface area contributed by atoms with Crippen molar-refractivity contribution >= 4 is 11.3 Å². The SMILES string of the molecule is NCc1cnc(-c2ccc(F)c(F)c2)s1. The number of rotatable bonds is 2. The Balaban J connectivity index is 2.40. The second-order valence-electron chi connectivity index (χ2n) is 2.96. The molecule has 2 N–H and O–H groups in total. The molecular formula is C10H8F2N2S. The van der Waals surface area contributed by atoms with Gasteiger partial charge in [-0.05, 0) is 18.2 Å². The maximum Gasteiger partial charge on any atom is 0.159 e. The third kappa shape index (κ3) is 2.03. The van der Waals surface area contributed by atoms with E-state index < -0.39 is 11.6 Å². The molecule has 1 heterocycles. The number of aromatic nitrogens is 1. The lowest BCUT2D eigenvalue weighted by atomic mass is 10.2. The maximum atomic E-state index is 12.9. The lowest BCUT2D eigenvalue weighted by Crippen LogP contribution is -1.91. The van der Waals surface area contributed by atoms with Gasteiger partial charge in [0, 0.05) is 23.2 Å². The van der Waals surface area contributed by atoms with Gasteiger partial charge in [0.1, 0.15) is 5.01 Å². The third-order valence-corrected chi connectivity index (χ3v) is 2.99. The second kappa shape index (κ2) is 4.04. The molecule has 78 valence electrons. The van der Waals surface area contributed by atoms with Crippen LogP contribution in [-0.2, 0) is 6.54 Å². The van der Waals surface area contributed by atoms with Gasteiger partial charge in [0.05, 0.1) is 0 Å². The van der Waals surface area contributed by atoms with E-state index in [0.717, 1.165) is 17.0 Å². The Morgan fingerprint density at radius 3 is 2.67 bits per heavy atom. The van der Waals surface area contributed by atoms with Crippen molar-refractivity contribution in [1.82, 2.24) is 4.98 Å². The van der Waals surface area contributed by atoms with Crippen LogP contribution >= 0.6 is 11.3 Å². The van der Waals surface area contributed by atoms with Gasteiger partial charge in [0.25, 0.3) is 0 Å². The predicted octanol–water partition coefficient (Wildman–Crippen LogP) is 2.55. The zero-order valence-electron chi connectivity index (χ0n) is 7.71. The van der Waals surface area contributed by atoms with Gasteiger partial charge in [0.15, 0.2) is 11.6 Å². The molecule has 0 unspecified atom stereocenters. The molecule has 0 aliphatic rings. The summed E-state index contributed by atoms with van der Waals surface area (Å²) in [6.45, 7) is 0.404. The maximum absolute atomic E-state index is 12.9. The van der Waals surface area contributed by atoms with E-state index in [4.69, 9.17) is 5.73 Å². The van der Waals surface area contributed by atoms with E-state index in [-0.39, 0.29) is 0 Å². The fourth-order valence-corrected chi connectivity index (χ4v) is 1.95. The fraction of sp³-hybridized carbons (Fsp3) is 0.100. The molecule has 0 amide bonds. The topological polar surface area (TPSA) is 38.9 Å². The summed E-state index contributed by atoms with van der Waals surface area (Å²) in [6, 6.07) is 3.72. The zero-order valence-corrected chi connectivity index (χ0v) is 8.52. The van der Waals surface area contributed by atoms with Crippen LogP contribution in [0.25, 0.3) is 10.6 Å². The van der Waals surface area contributed by atoms with Gasteiger partial charge < -0.3 is 5.73 Å². The number of halogens is 2. The van der Waals surface area contributed by atoms with Crippen LogP contribution in [0.2, 0.25) is 0 Å². The first-order valence-corrected chi connectivity index (χ1v) is 5.12. The van der Waals surface area contributed by atoms with Crippen molar-refractivity contribution in [3.8, 4) is 10.6 Å². The summed E-state index contributed by atoms with van der Waals surface area (Å²) in [7, 11) is 0. The Hall–Kier alpha value is -1.33. The lowest BCUT2D eigenvalue weighted by molar-refractivity contribution is 0.509. The second-order valence-corrected chi connectivity index (χ2v) is 4.08. The van der Waals surface area contributed by atoms with E-state index in [9.17, 15) is 8.78 Å². The molecule has 0 spiro atoms. The number of nitrogens with zero attached hydrogens (tertiary/aromatic N) is 1. The highest BCUT2D eigenvalue weighted by atomic mass is 32.1. The van der Waals surface area contributed by atoms with Crippen LogP contribution in [0.1, 0.15) is 4.88 Å². The highest BCUT2D eigenvalue weighted by molar-refractivity contribution is 7.15. The zero-order chi connectivity index (χ0) is 10.8. The molecule has 1 aromatic carbocycles. The van der Waals surface area contributed by atoms with Crippen molar-refractivity contribution in [2.24, 2.45) is 5.73 Å². The highest BCUT2D eigenvalue weighted by Gasteiger charge is 2.07. The van der Waals surface area contributed by atoms with Crippen LogP contribution in [0, 0.1) is 11.6 Å². The van der Waals surface area contributed by atoms with Crippen LogP contribution in [0.3, 0.4) is 0 Å². The molecule has 1 aromatic heterocycles. The van der Waals surface area contributed by atoms with Gasteiger partial charge in [-0.15, -0.1) is 11.3 Å². The van der Waals surface area contributed by atoms with Crippen LogP contribution in [-0.4, -0.2) is 4.98 Å². The van der Waals surface area contributed by atoms with E-state index in [1.807, 2.05) is 0 Å². The van der Waals surface area contributed by atoms with Crippen LogP contribution < -0.4 is 5.73 Å². The minimum atomic E-state index is -0.864. The molecule has 15 heavy (non-hydrogen) atoms. The normalized spacial score (nSPS) is 10.6. The number of hydrogen-bond donors (Lipinski definition) is 1. The van der Waals surface area contributed by atoms with Crippen LogP contribution in [0.15, 0.2) is 24.4 Å². The van der Waals surface area contributed by atoms with Crippen LogP contribution in [0.4, 0.5) is 8.78 Å². The Morgan fingerprint density at radius 2 is 2.07 bits per heavy atom. The number of nitrogens with two attached hydrogens (primary N) is 1. The van der Waals surface area contributed by atoms with Crippen molar-refractivity contribution in [2.75, 3.05) is 0 Å². The van der Waals surface area contributed by atoms with Gasteiger partial charge in [-0.1, -0.05) is 0 Å². The summed E-state index contributed by atoms with van der Waals surface area (Å²) < 4.78 is 25.6. The van der Waals surface area contributed by atoms with Gasteiger partial charge in [-0.3, -0.25) is 0 Å². The minimum Gasteiger partial charge on any atom is -0.326 e. The van der Waals surface area contributed by atoms with E-state index in [0.29, 0.717) is 17.1 Å². The van der Waals surface area contributed by atoms with Gasteiger partial charge in [-0.2, -0.15) is 0 Å². The quantitative estimate of drug-likeness (QED) is 0.854. The van der Waals surface area contributed by atoms with E-state index >= 15 is 0 Å². The molecule has 0 aliphatic carbocycles. The molecule has 2 nitrogen and oxygen atoms in total. The Morgan fingerprint density at radius 1 is 1.27 bits per heavy atom. The number of benzene rings is 1. The molecule has 2 aromatic rings. The molecule has 0 saturated carbocycles. The third-order valence-electron chi connectivity index (χ3n) is 1.92. The Labute approximate surface area is 89.4 Å². The summed E-state index contributed by atoms with van der Waals surface area (Å²) in [5.41, 5.74) is 6.00.